The van der Waals surface area contributed by atoms with Gasteiger partial charge < -0.3 is 25.4 Å². The summed E-state index contributed by atoms with van der Waals surface area (Å²) in [6.45, 7) is 4.72. The maximum Gasteiger partial charge on any atom is 0.124 e. The Morgan fingerprint density at radius 1 is 1.47 bits per heavy atom. The molecule has 0 amide bonds. The van der Waals surface area contributed by atoms with Crippen LogP contribution in [0.2, 0.25) is 0 Å². The van der Waals surface area contributed by atoms with Crippen LogP contribution in [0, 0.1) is 0 Å². The van der Waals surface area contributed by atoms with Gasteiger partial charge in [-0.2, -0.15) is 0 Å². The summed E-state index contributed by atoms with van der Waals surface area (Å²) in [7, 11) is 0. The molecule has 5 nitrogen and oxygen atoms in total. The standard InChI is InChI=1S/C14H21NO4/c1-9(12-4-3-11(16)7-13(12)17)15-8-14(18)5-6-19-10(14)2/h3-4,7,9-10,15-18H,5-6,8H2,1-2H3. The average Bonchev–Trinajstić information content (AvgIpc) is 2.67. The molecule has 1 heterocycles. The molecule has 19 heavy (non-hydrogen) atoms. The largest absolute Gasteiger partial charge is 0.508 e. The van der Waals surface area contributed by atoms with Gasteiger partial charge in [-0.05, 0) is 19.9 Å². The molecule has 0 aliphatic carbocycles. The fourth-order valence-electron chi connectivity index (χ4n) is 2.34. The van der Waals surface area contributed by atoms with E-state index in [-0.39, 0.29) is 23.6 Å². The van der Waals surface area contributed by atoms with Crippen molar-refractivity contribution in [2.45, 2.75) is 38.0 Å². The molecular weight excluding hydrogens is 246 g/mol. The number of aliphatic hydroxyl groups is 1. The average molecular weight is 267 g/mol. The van der Waals surface area contributed by atoms with E-state index in [1.807, 2.05) is 13.8 Å². The molecule has 1 aliphatic heterocycles. The topological polar surface area (TPSA) is 82.0 Å². The fraction of sp³-hybridized carbons (Fsp3) is 0.571. The number of hydrogen-bond acceptors (Lipinski definition) is 5. The van der Waals surface area contributed by atoms with Crippen molar-refractivity contribution in [1.29, 1.82) is 0 Å². The molecule has 2 rings (SSSR count). The van der Waals surface area contributed by atoms with Crippen LogP contribution in [0.15, 0.2) is 18.2 Å². The van der Waals surface area contributed by atoms with Gasteiger partial charge in [0.2, 0.25) is 0 Å². The van der Waals surface area contributed by atoms with Crippen molar-refractivity contribution in [3.8, 4) is 11.5 Å². The number of phenolic OH excluding ortho intramolecular Hbond substituents is 2. The Morgan fingerprint density at radius 2 is 2.21 bits per heavy atom. The predicted octanol–water partition coefficient (Wildman–Crippen LogP) is 1.29. The van der Waals surface area contributed by atoms with Crippen LogP contribution in [-0.2, 0) is 4.74 Å². The lowest BCUT2D eigenvalue weighted by Crippen LogP contribution is -2.46. The number of ether oxygens (including phenoxy) is 1. The van der Waals surface area contributed by atoms with E-state index in [1.165, 1.54) is 12.1 Å². The summed E-state index contributed by atoms with van der Waals surface area (Å²) in [4.78, 5) is 0. The van der Waals surface area contributed by atoms with Gasteiger partial charge >= 0.3 is 0 Å². The van der Waals surface area contributed by atoms with Crippen LogP contribution in [0.5, 0.6) is 11.5 Å². The van der Waals surface area contributed by atoms with Crippen molar-refractivity contribution in [2.24, 2.45) is 0 Å². The quantitative estimate of drug-likeness (QED) is 0.661. The van der Waals surface area contributed by atoms with Gasteiger partial charge in [0.25, 0.3) is 0 Å². The highest BCUT2D eigenvalue weighted by atomic mass is 16.5. The zero-order chi connectivity index (χ0) is 14.0. The Labute approximate surface area is 112 Å². The number of aromatic hydroxyl groups is 2. The minimum absolute atomic E-state index is 0.0323. The van der Waals surface area contributed by atoms with Crippen LogP contribution < -0.4 is 5.32 Å². The van der Waals surface area contributed by atoms with Crippen molar-refractivity contribution >= 4 is 0 Å². The van der Waals surface area contributed by atoms with Crippen LogP contribution in [-0.4, -0.2) is 40.2 Å². The lowest BCUT2D eigenvalue weighted by atomic mass is 9.96. The summed E-state index contributed by atoms with van der Waals surface area (Å²) < 4.78 is 5.37. The van der Waals surface area contributed by atoms with E-state index < -0.39 is 5.60 Å². The monoisotopic (exact) mass is 267 g/mol. The van der Waals surface area contributed by atoms with Crippen molar-refractivity contribution in [1.82, 2.24) is 5.32 Å². The first-order valence-corrected chi connectivity index (χ1v) is 6.51. The second kappa shape index (κ2) is 5.36. The first-order valence-electron chi connectivity index (χ1n) is 6.51. The maximum atomic E-state index is 10.4. The Bertz CT molecular complexity index is 451. The lowest BCUT2D eigenvalue weighted by Gasteiger charge is -2.28. The Balaban J connectivity index is 1.99. The lowest BCUT2D eigenvalue weighted by molar-refractivity contribution is -0.0274. The normalized spacial score (nSPS) is 28.5. The number of phenols is 2. The summed E-state index contributed by atoms with van der Waals surface area (Å²) >= 11 is 0. The first kappa shape index (κ1) is 14.1. The van der Waals surface area contributed by atoms with E-state index in [1.54, 1.807) is 6.07 Å². The van der Waals surface area contributed by atoms with E-state index in [9.17, 15) is 15.3 Å². The van der Waals surface area contributed by atoms with E-state index in [0.717, 1.165) is 0 Å². The molecule has 1 saturated heterocycles. The minimum Gasteiger partial charge on any atom is -0.508 e. The molecule has 1 aromatic carbocycles. The molecule has 3 atom stereocenters. The minimum atomic E-state index is -0.860. The molecular formula is C14H21NO4. The number of rotatable bonds is 4. The summed E-state index contributed by atoms with van der Waals surface area (Å²) in [5.74, 6) is 0.0765. The van der Waals surface area contributed by atoms with Gasteiger partial charge in [0, 0.05) is 37.2 Å². The van der Waals surface area contributed by atoms with E-state index in [2.05, 4.69) is 5.32 Å². The summed E-state index contributed by atoms with van der Waals surface area (Å²) in [5.41, 5.74) is -0.172. The van der Waals surface area contributed by atoms with Crippen LogP contribution >= 0.6 is 0 Å². The summed E-state index contributed by atoms with van der Waals surface area (Å²) in [6, 6.07) is 4.38. The molecule has 4 N–H and O–H groups in total. The van der Waals surface area contributed by atoms with Gasteiger partial charge in [-0.3, -0.25) is 0 Å². The van der Waals surface area contributed by atoms with Gasteiger partial charge in [-0.15, -0.1) is 0 Å². The highest BCUT2D eigenvalue weighted by Crippen LogP contribution is 2.29. The van der Waals surface area contributed by atoms with E-state index in [4.69, 9.17) is 4.74 Å². The Kier molecular flexibility index (Phi) is 3.99. The van der Waals surface area contributed by atoms with Crippen LogP contribution in [0.3, 0.4) is 0 Å². The molecule has 0 saturated carbocycles. The Hall–Kier alpha value is -1.30. The van der Waals surface area contributed by atoms with E-state index >= 15 is 0 Å². The zero-order valence-corrected chi connectivity index (χ0v) is 11.3. The van der Waals surface area contributed by atoms with Crippen molar-refractivity contribution in [3.05, 3.63) is 23.8 Å². The number of nitrogens with one attached hydrogen (secondary N) is 1. The van der Waals surface area contributed by atoms with Crippen LogP contribution in [0.25, 0.3) is 0 Å². The van der Waals surface area contributed by atoms with Crippen molar-refractivity contribution < 1.29 is 20.1 Å². The highest BCUT2D eigenvalue weighted by Gasteiger charge is 2.39. The van der Waals surface area contributed by atoms with Gasteiger partial charge in [0.05, 0.1) is 6.10 Å². The molecule has 5 heteroatoms. The zero-order valence-electron chi connectivity index (χ0n) is 11.3. The van der Waals surface area contributed by atoms with Crippen molar-refractivity contribution in [3.63, 3.8) is 0 Å². The van der Waals surface area contributed by atoms with Crippen LogP contribution in [0.1, 0.15) is 31.9 Å². The van der Waals surface area contributed by atoms with Gasteiger partial charge in [-0.1, -0.05) is 6.07 Å². The van der Waals surface area contributed by atoms with E-state index in [0.29, 0.717) is 25.1 Å². The Morgan fingerprint density at radius 3 is 2.79 bits per heavy atom. The summed E-state index contributed by atoms with van der Waals surface area (Å²) in [5, 5.41) is 32.6. The maximum absolute atomic E-state index is 10.4. The molecule has 1 aliphatic rings. The van der Waals surface area contributed by atoms with Gasteiger partial charge in [-0.25, -0.2) is 0 Å². The molecule has 0 radical (unpaired) electrons. The molecule has 1 fully saturated rings. The number of benzene rings is 1. The third-order valence-corrected chi connectivity index (χ3v) is 3.85. The SMILES string of the molecule is CC(NCC1(O)CCOC1C)c1ccc(O)cc1O. The fourth-order valence-corrected chi connectivity index (χ4v) is 2.34. The second-order valence-electron chi connectivity index (χ2n) is 5.21. The van der Waals surface area contributed by atoms with Gasteiger partial charge in [0.15, 0.2) is 0 Å². The van der Waals surface area contributed by atoms with Crippen molar-refractivity contribution in [2.75, 3.05) is 13.2 Å². The number of hydrogen-bond donors (Lipinski definition) is 4. The molecule has 3 unspecified atom stereocenters. The molecule has 106 valence electrons. The second-order valence-corrected chi connectivity index (χ2v) is 5.21. The molecule has 0 bridgehead atoms. The molecule has 1 aromatic rings. The summed E-state index contributed by atoms with van der Waals surface area (Å²) in [6.07, 6.45) is 0.413. The predicted molar refractivity (Wildman–Crippen MR) is 71.2 cm³/mol. The van der Waals surface area contributed by atoms with Crippen LogP contribution in [0.4, 0.5) is 0 Å². The molecule has 0 aromatic heterocycles. The highest BCUT2D eigenvalue weighted by molar-refractivity contribution is 5.40. The third kappa shape index (κ3) is 3.00. The first-order chi connectivity index (χ1) is 8.92. The van der Waals surface area contributed by atoms with Gasteiger partial charge in [0.1, 0.15) is 17.1 Å². The third-order valence-electron chi connectivity index (χ3n) is 3.85. The molecule has 0 spiro atoms. The smallest absolute Gasteiger partial charge is 0.124 e.